The predicted octanol–water partition coefficient (Wildman–Crippen LogP) is 7.04. The number of carbonyl (C=O) groups is 1. The van der Waals surface area contributed by atoms with Crippen molar-refractivity contribution in [2.45, 2.75) is 19.8 Å². The normalized spacial score (nSPS) is 15.0. The Labute approximate surface area is 189 Å². The number of esters is 1. The van der Waals surface area contributed by atoms with Gasteiger partial charge in [0.25, 0.3) is 0 Å². The molecule has 0 N–H and O–H groups in total. The number of aliphatic imine (C=N–C) groups is 1. The number of ether oxygens (including phenoxy) is 2. The number of unbranched alkanes of at least 4 members (excludes halogenated alkanes) is 1. The number of rotatable bonds is 6. The maximum Gasteiger partial charge on any atom is 0.363 e. The van der Waals surface area contributed by atoms with Crippen molar-refractivity contribution in [3.63, 3.8) is 0 Å². The maximum absolute atomic E-state index is 12.2. The SMILES string of the molecule is CCCCOc1c(Br)cc(/C=C2\N=C(c3ccc(Cl)cc3Cl)OC2=O)cc1Br. The molecule has 1 aliphatic heterocycles. The van der Waals surface area contributed by atoms with Crippen molar-refractivity contribution in [3.8, 4) is 5.75 Å². The van der Waals surface area contributed by atoms with E-state index in [1.54, 1.807) is 24.3 Å². The van der Waals surface area contributed by atoms with Gasteiger partial charge in [-0.05, 0) is 80.3 Å². The van der Waals surface area contributed by atoms with Crippen LogP contribution < -0.4 is 4.74 Å². The average molecular weight is 548 g/mol. The van der Waals surface area contributed by atoms with Crippen molar-refractivity contribution in [2.75, 3.05) is 6.61 Å². The maximum atomic E-state index is 12.2. The predicted molar refractivity (Wildman–Crippen MR) is 119 cm³/mol. The lowest BCUT2D eigenvalue weighted by atomic mass is 10.2. The number of cyclic esters (lactones) is 1. The van der Waals surface area contributed by atoms with Gasteiger partial charge in [0.2, 0.25) is 5.90 Å². The van der Waals surface area contributed by atoms with E-state index in [1.165, 1.54) is 0 Å². The van der Waals surface area contributed by atoms with Crippen molar-refractivity contribution in [3.05, 3.63) is 66.1 Å². The molecule has 8 heteroatoms. The first-order chi connectivity index (χ1) is 13.4. The van der Waals surface area contributed by atoms with E-state index < -0.39 is 5.97 Å². The highest BCUT2D eigenvalue weighted by Crippen LogP contribution is 2.36. The molecule has 0 atom stereocenters. The standard InChI is InChI=1S/C20H15Br2Cl2NO3/c1-2-3-6-27-18-14(21)7-11(8-15(18)22)9-17-20(26)28-19(25-17)13-5-4-12(23)10-16(13)24/h4-5,7-10H,2-3,6H2,1H3/b17-9-. The fourth-order valence-electron chi connectivity index (χ4n) is 2.46. The van der Waals surface area contributed by atoms with Gasteiger partial charge in [-0.3, -0.25) is 0 Å². The van der Waals surface area contributed by atoms with Gasteiger partial charge in [-0.2, -0.15) is 0 Å². The molecule has 0 bridgehead atoms. The zero-order valence-electron chi connectivity index (χ0n) is 14.8. The Kier molecular flexibility index (Phi) is 7.20. The van der Waals surface area contributed by atoms with Crippen molar-refractivity contribution >= 4 is 73.0 Å². The van der Waals surface area contributed by atoms with Crippen LogP contribution in [0.3, 0.4) is 0 Å². The lowest BCUT2D eigenvalue weighted by Crippen LogP contribution is -2.05. The lowest BCUT2D eigenvalue weighted by Gasteiger charge is -2.11. The molecular weight excluding hydrogens is 533 g/mol. The summed E-state index contributed by atoms with van der Waals surface area (Å²) in [7, 11) is 0. The molecule has 2 aromatic rings. The monoisotopic (exact) mass is 545 g/mol. The molecule has 3 rings (SSSR count). The van der Waals surface area contributed by atoms with E-state index in [2.05, 4.69) is 43.8 Å². The van der Waals surface area contributed by atoms with E-state index in [1.807, 2.05) is 12.1 Å². The quantitative estimate of drug-likeness (QED) is 0.221. The Morgan fingerprint density at radius 1 is 1.18 bits per heavy atom. The van der Waals surface area contributed by atoms with Crippen LogP contribution in [-0.4, -0.2) is 18.5 Å². The van der Waals surface area contributed by atoms with Gasteiger partial charge in [0.05, 0.1) is 26.1 Å². The zero-order chi connectivity index (χ0) is 20.3. The number of hydrogen-bond donors (Lipinski definition) is 0. The third-order valence-electron chi connectivity index (χ3n) is 3.85. The van der Waals surface area contributed by atoms with E-state index in [0.29, 0.717) is 22.2 Å². The minimum Gasteiger partial charge on any atom is -0.491 e. The van der Waals surface area contributed by atoms with Crippen LogP contribution in [0.15, 0.2) is 50.0 Å². The van der Waals surface area contributed by atoms with E-state index >= 15 is 0 Å². The van der Waals surface area contributed by atoms with E-state index in [4.69, 9.17) is 32.7 Å². The van der Waals surface area contributed by atoms with Gasteiger partial charge < -0.3 is 9.47 Å². The molecule has 0 unspecified atom stereocenters. The second-order valence-corrected chi connectivity index (χ2v) is 8.53. The van der Waals surface area contributed by atoms with Crippen molar-refractivity contribution < 1.29 is 14.3 Å². The first-order valence-electron chi connectivity index (χ1n) is 8.49. The minimum atomic E-state index is -0.545. The van der Waals surface area contributed by atoms with Gasteiger partial charge in [0.1, 0.15) is 5.75 Å². The zero-order valence-corrected chi connectivity index (χ0v) is 19.5. The summed E-state index contributed by atoms with van der Waals surface area (Å²) in [4.78, 5) is 16.5. The third kappa shape index (κ3) is 4.98. The van der Waals surface area contributed by atoms with Crippen LogP contribution in [0.4, 0.5) is 0 Å². The summed E-state index contributed by atoms with van der Waals surface area (Å²) < 4.78 is 12.6. The van der Waals surface area contributed by atoms with Gasteiger partial charge in [0.15, 0.2) is 5.70 Å². The molecule has 0 amide bonds. The molecule has 0 spiro atoms. The molecule has 0 radical (unpaired) electrons. The summed E-state index contributed by atoms with van der Waals surface area (Å²) >= 11 is 19.1. The molecule has 0 fully saturated rings. The van der Waals surface area contributed by atoms with Crippen LogP contribution in [0.1, 0.15) is 30.9 Å². The Morgan fingerprint density at radius 3 is 2.54 bits per heavy atom. The Morgan fingerprint density at radius 2 is 1.89 bits per heavy atom. The Hall–Kier alpha value is -1.34. The molecule has 2 aromatic carbocycles. The number of nitrogens with zero attached hydrogens (tertiary/aromatic N) is 1. The Bertz CT molecular complexity index is 966. The smallest absolute Gasteiger partial charge is 0.363 e. The topological polar surface area (TPSA) is 47.9 Å². The number of carbonyl (C=O) groups excluding carboxylic acids is 1. The lowest BCUT2D eigenvalue weighted by molar-refractivity contribution is -0.129. The van der Waals surface area contributed by atoms with E-state index in [9.17, 15) is 4.79 Å². The first kappa shape index (κ1) is 21.4. The highest BCUT2D eigenvalue weighted by atomic mass is 79.9. The fourth-order valence-corrected chi connectivity index (χ4v) is 4.40. The summed E-state index contributed by atoms with van der Waals surface area (Å²) in [6.07, 6.45) is 3.67. The summed E-state index contributed by atoms with van der Waals surface area (Å²) in [5, 5.41) is 0.852. The molecule has 0 aromatic heterocycles. The molecule has 4 nitrogen and oxygen atoms in total. The van der Waals surface area contributed by atoms with Crippen LogP contribution in [0, 0.1) is 0 Å². The largest absolute Gasteiger partial charge is 0.491 e. The number of hydrogen-bond acceptors (Lipinski definition) is 4. The van der Waals surface area contributed by atoms with E-state index in [0.717, 1.165) is 33.1 Å². The highest BCUT2D eigenvalue weighted by molar-refractivity contribution is 9.11. The highest BCUT2D eigenvalue weighted by Gasteiger charge is 2.26. The first-order valence-corrected chi connectivity index (χ1v) is 10.8. The molecule has 28 heavy (non-hydrogen) atoms. The molecule has 0 saturated carbocycles. The molecular formula is C20H15Br2Cl2NO3. The molecule has 1 aliphatic rings. The van der Waals surface area contributed by atoms with Crippen LogP contribution >= 0.6 is 55.1 Å². The molecule has 1 heterocycles. The van der Waals surface area contributed by atoms with Gasteiger partial charge in [-0.25, -0.2) is 9.79 Å². The number of benzene rings is 2. The molecule has 0 aliphatic carbocycles. The van der Waals surface area contributed by atoms with Gasteiger partial charge in [-0.1, -0.05) is 36.5 Å². The summed E-state index contributed by atoms with van der Waals surface area (Å²) in [5.41, 5.74) is 1.45. The fraction of sp³-hybridized carbons (Fsp3) is 0.200. The van der Waals surface area contributed by atoms with Crippen LogP contribution in [0.2, 0.25) is 10.0 Å². The average Bonchev–Trinajstić information content (AvgIpc) is 2.97. The van der Waals surface area contributed by atoms with Crippen molar-refractivity contribution in [1.82, 2.24) is 0 Å². The Balaban J connectivity index is 1.88. The minimum absolute atomic E-state index is 0.149. The van der Waals surface area contributed by atoms with Gasteiger partial charge in [-0.15, -0.1) is 0 Å². The van der Waals surface area contributed by atoms with Crippen molar-refractivity contribution in [2.24, 2.45) is 4.99 Å². The van der Waals surface area contributed by atoms with Crippen LogP contribution in [-0.2, 0) is 9.53 Å². The summed E-state index contributed by atoms with van der Waals surface area (Å²) in [5.74, 6) is 0.328. The second kappa shape index (κ2) is 9.44. The van der Waals surface area contributed by atoms with Gasteiger partial charge >= 0.3 is 5.97 Å². The summed E-state index contributed by atoms with van der Waals surface area (Å²) in [6, 6.07) is 8.61. The van der Waals surface area contributed by atoms with E-state index in [-0.39, 0.29) is 11.6 Å². The van der Waals surface area contributed by atoms with Crippen LogP contribution in [0.25, 0.3) is 6.08 Å². The molecule has 0 saturated heterocycles. The van der Waals surface area contributed by atoms with Crippen LogP contribution in [0.5, 0.6) is 5.75 Å². The summed E-state index contributed by atoms with van der Waals surface area (Å²) in [6.45, 7) is 2.74. The third-order valence-corrected chi connectivity index (χ3v) is 5.58. The second-order valence-electron chi connectivity index (χ2n) is 5.98. The van der Waals surface area contributed by atoms with Gasteiger partial charge in [0, 0.05) is 5.02 Å². The van der Waals surface area contributed by atoms with Crippen molar-refractivity contribution in [1.29, 1.82) is 0 Å². The number of halogens is 4. The molecule has 146 valence electrons.